The van der Waals surface area contributed by atoms with Crippen LogP contribution in [0, 0.1) is 0 Å². The molecule has 0 rings (SSSR count). The Morgan fingerprint density at radius 2 is 2.42 bits per heavy atom. The third-order valence-electron chi connectivity index (χ3n) is 1.19. The monoisotopic (exact) mass is 255 g/mol. The van der Waals surface area contributed by atoms with Crippen molar-refractivity contribution in [2.75, 3.05) is 31.1 Å². The molecule has 0 bridgehead atoms. The quantitative estimate of drug-likeness (QED) is 0.717. The Kier molecular flexibility index (Phi) is 8.06. The van der Waals surface area contributed by atoms with Crippen molar-refractivity contribution in [3.8, 4) is 0 Å². The molecule has 0 aliphatic rings. The van der Waals surface area contributed by atoms with E-state index in [-0.39, 0.29) is 11.9 Å². The Morgan fingerprint density at radius 1 is 1.75 bits per heavy atom. The molecule has 3 nitrogen and oxygen atoms in total. The number of rotatable bonds is 6. The lowest BCUT2D eigenvalue weighted by molar-refractivity contribution is -0.119. The molecule has 0 heterocycles. The second-order valence-electron chi connectivity index (χ2n) is 2.31. The zero-order chi connectivity index (χ0) is 9.40. The summed E-state index contributed by atoms with van der Waals surface area (Å²) in [6.07, 6.45) is 1.90. The minimum Gasteiger partial charge on any atom is -0.383 e. The van der Waals surface area contributed by atoms with Gasteiger partial charge in [-0.15, -0.1) is 0 Å². The average molecular weight is 256 g/mol. The van der Waals surface area contributed by atoms with Crippen molar-refractivity contribution in [2.45, 2.75) is 6.04 Å². The topological polar surface area (TPSA) is 38.3 Å². The normalized spacial score (nSPS) is 12.6. The van der Waals surface area contributed by atoms with Gasteiger partial charge in [0, 0.05) is 12.4 Å². The van der Waals surface area contributed by atoms with Crippen LogP contribution in [0.4, 0.5) is 0 Å². The average Bonchev–Trinajstić information content (AvgIpc) is 2.04. The van der Waals surface area contributed by atoms with Crippen LogP contribution in [-0.2, 0) is 9.53 Å². The number of halogens is 1. The van der Waals surface area contributed by atoms with E-state index in [2.05, 4.69) is 21.2 Å². The van der Waals surface area contributed by atoms with Crippen molar-refractivity contribution in [1.82, 2.24) is 5.32 Å². The molecule has 0 aromatic rings. The first-order valence-electron chi connectivity index (χ1n) is 3.57. The summed E-state index contributed by atoms with van der Waals surface area (Å²) in [6, 6.07) is 0.0784. The van der Waals surface area contributed by atoms with Crippen LogP contribution >= 0.6 is 27.7 Å². The third-order valence-corrected chi connectivity index (χ3v) is 2.53. The fraction of sp³-hybridized carbons (Fsp3) is 0.857. The molecule has 1 unspecified atom stereocenters. The molecule has 1 amide bonds. The van der Waals surface area contributed by atoms with Gasteiger partial charge in [-0.3, -0.25) is 4.79 Å². The lowest BCUT2D eigenvalue weighted by Gasteiger charge is -2.14. The molecule has 0 fully saturated rings. The Labute approximate surface area is 85.7 Å². The molecule has 0 saturated heterocycles. The molecule has 0 aliphatic carbocycles. The Balaban J connectivity index is 3.61. The second-order valence-corrected chi connectivity index (χ2v) is 3.82. The second kappa shape index (κ2) is 7.89. The number of hydrogen-bond donors (Lipinski definition) is 1. The molecule has 0 aromatic heterocycles. The number of alkyl halides is 1. The predicted octanol–water partition coefficient (Wildman–Crippen LogP) is 0.875. The molecule has 5 heteroatoms. The summed E-state index contributed by atoms with van der Waals surface area (Å²) >= 11 is 4.81. The summed E-state index contributed by atoms with van der Waals surface area (Å²) in [7, 11) is 1.62. The molecular formula is C7H14BrNO2S. The van der Waals surface area contributed by atoms with Crippen LogP contribution in [0.25, 0.3) is 0 Å². The first-order valence-corrected chi connectivity index (χ1v) is 6.09. The highest BCUT2D eigenvalue weighted by Crippen LogP contribution is 1.94. The third kappa shape index (κ3) is 5.85. The number of thioether (sulfide) groups is 1. The van der Waals surface area contributed by atoms with Crippen LogP contribution in [0.5, 0.6) is 0 Å². The van der Waals surface area contributed by atoms with Crippen molar-refractivity contribution in [3.63, 3.8) is 0 Å². The van der Waals surface area contributed by atoms with Crippen molar-refractivity contribution in [3.05, 3.63) is 0 Å². The number of ether oxygens (including phenoxy) is 1. The molecule has 1 N–H and O–H groups in total. The van der Waals surface area contributed by atoms with E-state index in [1.807, 2.05) is 6.26 Å². The maximum atomic E-state index is 11.1. The number of methoxy groups -OCH3 is 1. The van der Waals surface area contributed by atoms with Crippen molar-refractivity contribution >= 4 is 33.6 Å². The first kappa shape index (κ1) is 12.3. The highest BCUT2D eigenvalue weighted by Gasteiger charge is 2.09. The zero-order valence-corrected chi connectivity index (χ0v) is 9.70. The largest absolute Gasteiger partial charge is 0.383 e. The number of nitrogens with one attached hydrogen (secondary N) is 1. The van der Waals surface area contributed by atoms with Gasteiger partial charge in [-0.05, 0) is 6.26 Å². The highest BCUT2D eigenvalue weighted by atomic mass is 79.9. The van der Waals surface area contributed by atoms with Crippen LogP contribution < -0.4 is 5.32 Å². The Hall–Kier alpha value is 0.260. The van der Waals surface area contributed by atoms with E-state index in [1.54, 1.807) is 7.11 Å². The fourth-order valence-electron chi connectivity index (χ4n) is 0.726. The van der Waals surface area contributed by atoms with Crippen molar-refractivity contribution in [2.24, 2.45) is 0 Å². The van der Waals surface area contributed by atoms with E-state index in [0.29, 0.717) is 12.4 Å². The smallest absolute Gasteiger partial charge is 0.230 e. The minimum absolute atomic E-state index is 0.0593. The Morgan fingerprint density at radius 3 is 2.83 bits per heavy atom. The van der Waals surface area contributed by atoms with Crippen LogP contribution in [0.1, 0.15) is 0 Å². The van der Waals surface area contributed by atoms with E-state index in [4.69, 9.17) is 4.74 Å². The number of hydrogen-bond acceptors (Lipinski definition) is 3. The summed E-state index contributed by atoms with van der Waals surface area (Å²) in [5.74, 6) is 0.566. The molecule has 12 heavy (non-hydrogen) atoms. The number of carbonyl (C=O) groups excluding carboxylic acids is 1. The van der Waals surface area contributed by atoms with Gasteiger partial charge in [0.05, 0.1) is 18.4 Å². The molecule has 72 valence electrons. The van der Waals surface area contributed by atoms with Gasteiger partial charge in [0.15, 0.2) is 0 Å². The lowest BCUT2D eigenvalue weighted by atomic mass is 10.3. The van der Waals surface area contributed by atoms with Crippen LogP contribution in [0.2, 0.25) is 0 Å². The van der Waals surface area contributed by atoms with Gasteiger partial charge in [-0.2, -0.15) is 11.8 Å². The lowest BCUT2D eigenvalue weighted by Crippen LogP contribution is -2.40. The molecule has 0 radical (unpaired) electrons. The van der Waals surface area contributed by atoms with E-state index < -0.39 is 0 Å². The molecule has 0 saturated carbocycles. The predicted molar refractivity (Wildman–Crippen MR) is 56.0 cm³/mol. The van der Waals surface area contributed by atoms with Crippen molar-refractivity contribution < 1.29 is 9.53 Å². The molecular weight excluding hydrogens is 242 g/mol. The summed E-state index contributed by atoms with van der Waals surface area (Å²) in [6.45, 7) is 0.547. The maximum absolute atomic E-state index is 11.1. The highest BCUT2D eigenvalue weighted by molar-refractivity contribution is 9.09. The SMILES string of the molecule is COCC(CBr)NC(=O)CSC. The van der Waals surface area contributed by atoms with Gasteiger partial charge in [0.2, 0.25) is 5.91 Å². The summed E-state index contributed by atoms with van der Waals surface area (Å²) in [5, 5.41) is 3.56. The van der Waals surface area contributed by atoms with Crippen LogP contribution in [-0.4, -0.2) is 43.0 Å². The van der Waals surface area contributed by atoms with Crippen molar-refractivity contribution in [1.29, 1.82) is 0 Å². The van der Waals surface area contributed by atoms with Gasteiger partial charge >= 0.3 is 0 Å². The Bertz CT molecular complexity index is 135. The summed E-state index contributed by atoms with van der Waals surface area (Å²) in [4.78, 5) is 11.1. The van der Waals surface area contributed by atoms with Gasteiger partial charge in [-0.25, -0.2) is 0 Å². The first-order chi connectivity index (χ1) is 5.74. The zero-order valence-electron chi connectivity index (χ0n) is 7.30. The van der Waals surface area contributed by atoms with Gasteiger partial charge < -0.3 is 10.1 Å². The van der Waals surface area contributed by atoms with Gasteiger partial charge in [-0.1, -0.05) is 15.9 Å². The maximum Gasteiger partial charge on any atom is 0.230 e. The number of amides is 1. The van der Waals surface area contributed by atoms with Crippen LogP contribution in [0.3, 0.4) is 0 Å². The molecule has 0 aromatic carbocycles. The molecule has 1 atom stereocenters. The van der Waals surface area contributed by atoms with Crippen LogP contribution in [0.15, 0.2) is 0 Å². The number of carbonyl (C=O) groups is 1. The van der Waals surface area contributed by atoms with E-state index >= 15 is 0 Å². The fourth-order valence-corrected chi connectivity index (χ4v) is 1.42. The van der Waals surface area contributed by atoms with E-state index in [1.165, 1.54) is 11.8 Å². The molecule has 0 aliphatic heterocycles. The van der Waals surface area contributed by atoms with Gasteiger partial charge in [0.1, 0.15) is 0 Å². The minimum atomic E-state index is 0.0593. The molecule has 0 spiro atoms. The summed E-state index contributed by atoms with van der Waals surface area (Å²) < 4.78 is 4.92. The van der Waals surface area contributed by atoms with E-state index in [9.17, 15) is 4.79 Å². The summed E-state index contributed by atoms with van der Waals surface area (Å²) in [5.41, 5.74) is 0. The standard InChI is InChI=1S/C7H14BrNO2S/c1-11-4-6(3-8)9-7(10)5-12-2/h6H,3-5H2,1-2H3,(H,9,10). The van der Waals surface area contributed by atoms with Gasteiger partial charge in [0.25, 0.3) is 0 Å². The van der Waals surface area contributed by atoms with E-state index in [0.717, 1.165) is 5.33 Å².